The van der Waals surface area contributed by atoms with E-state index in [1.807, 2.05) is 39.8 Å². The summed E-state index contributed by atoms with van der Waals surface area (Å²) in [4.78, 5) is 23.8. The minimum absolute atomic E-state index is 0.405. The zero-order valence-corrected chi connectivity index (χ0v) is 13.8. The van der Waals surface area contributed by atoms with Gasteiger partial charge in [-0.15, -0.1) is 0 Å². The van der Waals surface area contributed by atoms with Crippen LogP contribution in [-0.4, -0.2) is 18.7 Å². The molecule has 0 unspecified atom stereocenters. The van der Waals surface area contributed by atoms with Crippen molar-refractivity contribution in [3.63, 3.8) is 0 Å². The van der Waals surface area contributed by atoms with Crippen LogP contribution in [0.5, 0.6) is 0 Å². The molecule has 2 aromatic rings. The minimum atomic E-state index is -0.513. The van der Waals surface area contributed by atoms with Gasteiger partial charge in [0.1, 0.15) is 0 Å². The highest BCUT2D eigenvalue weighted by atomic mass is 16.7. The molecule has 0 aliphatic rings. The van der Waals surface area contributed by atoms with E-state index < -0.39 is 18.7 Å². The predicted octanol–water partition coefficient (Wildman–Crippen LogP) is 3.89. The molecule has 0 aliphatic carbocycles. The van der Waals surface area contributed by atoms with E-state index in [0.29, 0.717) is 11.1 Å². The maximum atomic E-state index is 11.9. The second kappa shape index (κ2) is 7.09. The molecule has 120 valence electrons. The lowest BCUT2D eigenvalue weighted by molar-refractivity contribution is -0.0167. The van der Waals surface area contributed by atoms with Gasteiger partial charge >= 0.3 is 11.9 Å². The van der Waals surface area contributed by atoms with Crippen LogP contribution in [-0.2, 0) is 9.47 Å². The van der Waals surface area contributed by atoms with Gasteiger partial charge in [0.05, 0.1) is 11.1 Å². The summed E-state index contributed by atoms with van der Waals surface area (Å²) in [6.07, 6.45) is 0. The third kappa shape index (κ3) is 4.19. The molecule has 4 nitrogen and oxygen atoms in total. The third-order valence-electron chi connectivity index (χ3n) is 3.87. The first-order chi connectivity index (χ1) is 10.9. The van der Waals surface area contributed by atoms with Crippen LogP contribution in [0.3, 0.4) is 0 Å². The number of rotatable bonds is 4. The Kier molecular flexibility index (Phi) is 5.16. The fourth-order valence-corrected chi connectivity index (χ4v) is 2.04. The number of hydrogen-bond acceptors (Lipinski definition) is 4. The molecule has 2 rings (SSSR count). The van der Waals surface area contributed by atoms with E-state index in [-0.39, 0.29) is 0 Å². The summed E-state index contributed by atoms with van der Waals surface area (Å²) in [5.41, 5.74) is 5.09. The standard InChI is InChI=1S/C19H20O4/c1-12-5-7-16(9-14(12)3)18(20)22-11-23-19(21)17-8-6-13(2)15(4)10-17/h5-10H,11H2,1-4H3. The van der Waals surface area contributed by atoms with Gasteiger partial charge in [0.2, 0.25) is 6.79 Å². The molecule has 0 radical (unpaired) electrons. The first-order valence-corrected chi connectivity index (χ1v) is 7.37. The fraction of sp³-hybridized carbons (Fsp3) is 0.263. The lowest BCUT2D eigenvalue weighted by atomic mass is 10.1. The zero-order valence-electron chi connectivity index (χ0n) is 13.8. The van der Waals surface area contributed by atoms with E-state index in [9.17, 15) is 9.59 Å². The Bertz CT molecular complexity index is 684. The molecule has 0 aromatic heterocycles. The van der Waals surface area contributed by atoms with Gasteiger partial charge in [-0.3, -0.25) is 0 Å². The van der Waals surface area contributed by atoms with Crippen molar-refractivity contribution in [2.75, 3.05) is 6.79 Å². The monoisotopic (exact) mass is 312 g/mol. The molecule has 23 heavy (non-hydrogen) atoms. The lowest BCUT2D eigenvalue weighted by Gasteiger charge is -2.08. The van der Waals surface area contributed by atoms with Crippen molar-refractivity contribution in [3.8, 4) is 0 Å². The highest BCUT2D eigenvalue weighted by molar-refractivity contribution is 5.91. The molecule has 0 heterocycles. The van der Waals surface area contributed by atoms with Crippen LogP contribution >= 0.6 is 0 Å². The van der Waals surface area contributed by atoms with Crippen LogP contribution in [0.25, 0.3) is 0 Å². The Labute approximate surface area is 136 Å². The summed E-state index contributed by atoms with van der Waals surface area (Å²) in [5.74, 6) is -1.03. The molecule has 0 saturated heterocycles. The van der Waals surface area contributed by atoms with Crippen molar-refractivity contribution in [2.45, 2.75) is 27.7 Å². The van der Waals surface area contributed by atoms with Gasteiger partial charge < -0.3 is 9.47 Å². The smallest absolute Gasteiger partial charge is 0.341 e. The van der Waals surface area contributed by atoms with Crippen LogP contribution in [0.2, 0.25) is 0 Å². The molecule has 0 spiro atoms. The molecule has 4 heteroatoms. The van der Waals surface area contributed by atoms with Gasteiger partial charge in [-0.05, 0) is 74.2 Å². The number of hydrogen-bond donors (Lipinski definition) is 0. The molecule has 0 N–H and O–H groups in total. The van der Waals surface area contributed by atoms with Crippen molar-refractivity contribution in [3.05, 3.63) is 69.8 Å². The van der Waals surface area contributed by atoms with Gasteiger partial charge in [-0.25, -0.2) is 9.59 Å². The van der Waals surface area contributed by atoms with E-state index in [0.717, 1.165) is 22.3 Å². The molecule has 0 bridgehead atoms. The maximum absolute atomic E-state index is 11.9. The van der Waals surface area contributed by atoms with Gasteiger partial charge in [-0.2, -0.15) is 0 Å². The lowest BCUT2D eigenvalue weighted by Crippen LogP contribution is -2.13. The zero-order chi connectivity index (χ0) is 17.0. The molecule has 0 saturated carbocycles. The Morgan fingerprint density at radius 1 is 0.696 bits per heavy atom. The van der Waals surface area contributed by atoms with Gasteiger partial charge in [-0.1, -0.05) is 12.1 Å². The second-order valence-electron chi connectivity index (χ2n) is 5.58. The fourth-order valence-electron chi connectivity index (χ4n) is 2.04. The summed E-state index contributed by atoms with van der Waals surface area (Å²) in [5, 5.41) is 0. The van der Waals surface area contributed by atoms with Crippen molar-refractivity contribution >= 4 is 11.9 Å². The number of ether oxygens (including phenoxy) is 2. The highest BCUT2D eigenvalue weighted by Crippen LogP contribution is 2.12. The summed E-state index contributed by atoms with van der Waals surface area (Å²) >= 11 is 0. The van der Waals surface area contributed by atoms with Crippen molar-refractivity contribution < 1.29 is 19.1 Å². The molecular weight excluding hydrogens is 292 g/mol. The van der Waals surface area contributed by atoms with Crippen LogP contribution < -0.4 is 0 Å². The Hall–Kier alpha value is -2.62. The number of carbonyl (C=O) groups is 2. The molecule has 2 aromatic carbocycles. The second-order valence-corrected chi connectivity index (χ2v) is 5.58. The van der Waals surface area contributed by atoms with Crippen molar-refractivity contribution in [2.24, 2.45) is 0 Å². The first-order valence-electron chi connectivity index (χ1n) is 7.37. The van der Waals surface area contributed by atoms with Crippen LogP contribution in [0.1, 0.15) is 43.0 Å². The molecule has 0 amide bonds. The quantitative estimate of drug-likeness (QED) is 0.635. The Morgan fingerprint density at radius 3 is 1.43 bits per heavy atom. The van der Waals surface area contributed by atoms with Crippen LogP contribution in [0, 0.1) is 27.7 Å². The average Bonchev–Trinajstić information content (AvgIpc) is 2.52. The largest absolute Gasteiger partial charge is 0.424 e. The van der Waals surface area contributed by atoms with Gasteiger partial charge in [0.15, 0.2) is 0 Å². The molecule has 0 aliphatic heterocycles. The van der Waals surface area contributed by atoms with Crippen molar-refractivity contribution in [1.82, 2.24) is 0 Å². The summed E-state index contributed by atoms with van der Waals surface area (Å²) < 4.78 is 9.97. The molecule has 0 atom stereocenters. The van der Waals surface area contributed by atoms with E-state index in [4.69, 9.17) is 9.47 Å². The number of esters is 2. The predicted molar refractivity (Wildman–Crippen MR) is 87.5 cm³/mol. The maximum Gasteiger partial charge on any atom is 0.341 e. The highest BCUT2D eigenvalue weighted by Gasteiger charge is 2.11. The molecule has 0 fully saturated rings. The van der Waals surface area contributed by atoms with Crippen molar-refractivity contribution in [1.29, 1.82) is 0 Å². The third-order valence-corrected chi connectivity index (χ3v) is 3.87. The number of carbonyl (C=O) groups excluding carboxylic acids is 2. The Morgan fingerprint density at radius 2 is 1.09 bits per heavy atom. The summed E-state index contributed by atoms with van der Waals surface area (Å²) in [6.45, 7) is 7.38. The molecular formula is C19H20O4. The van der Waals surface area contributed by atoms with Gasteiger partial charge in [0, 0.05) is 0 Å². The van der Waals surface area contributed by atoms with Gasteiger partial charge in [0.25, 0.3) is 0 Å². The average molecular weight is 312 g/mol. The topological polar surface area (TPSA) is 52.6 Å². The number of aryl methyl sites for hydroxylation is 4. The van der Waals surface area contributed by atoms with E-state index in [1.54, 1.807) is 24.3 Å². The minimum Gasteiger partial charge on any atom is -0.424 e. The summed E-state index contributed by atoms with van der Waals surface area (Å²) in [6, 6.07) is 10.6. The first kappa shape index (κ1) is 16.7. The van der Waals surface area contributed by atoms with Crippen LogP contribution in [0.4, 0.5) is 0 Å². The Balaban J connectivity index is 1.91. The summed E-state index contributed by atoms with van der Waals surface area (Å²) in [7, 11) is 0. The SMILES string of the molecule is Cc1ccc(C(=O)OCOC(=O)c2ccc(C)c(C)c2)cc1C. The van der Waals surface area contributed by atoms with E-state index >= 15 is 0 Å². The van der Waals surface area contributed by atoms with E-state index in [1.165, 1.54) is 0 Å². The van der Waals surface area contributed by atoms with Crippen LogP contribution in [0.15, 0.2) is 36.4 Å². The van der Waals surface area contributed by atoms with E-state index in [2.05, 4.69) is 0 Å². The normalized spacial score (nSPS) is 10.3. The number of benzene rings is 2.